The fraction of sp³-hybridized carbons (Fsp3) is 0.611. The van der Waals surface area contributed by atoms with Crippen molar-refractivity contribution in [3.05, 3.63) is 35.4 Å². The molecule has 1 aliphatic carbocycles. The van der Waals surface area contributed by atoms with E-state index in [0.29, 0.717) is 24.3 Å². The van der Waals surface area contributed by atoms with Crippen molar-refractivity contribution < 1.29 is 4.79 Å². The second kappa shape index (κ2) is 6.18. The van der Waals surface area contributed by atoms with Gasteiger partial charge in [0.25, 0.3) is 0 Å². The number of nitrogens with zero attached hydrogens (tertiary/aromatic N) is 1. The van der Waals surface area contributed by atoms with E-state index in [4.69, 9.17) is 5.73 Å². The normalized spacial score (nSPS) is 29.0. The lowest BCUT2D eigenvalue weighted by Gasteiger charge is -2.39. The van der Waals surface area contributed by atoms with Crippen LogP contribution in [0.25, 0.3) is 0 Å². The lowest BCUT2D eigenvalue weighted by molar-refractivity contribution is -0.138. The summed E-state index contributed by atoms with van der Waals surface area (Å²) in [6, 6.07) is 8.55. The van der Waals surface area contributed by atoms with Crippen molar-refractivity contribution in [3.63, 3.8) is 0 Å². The molecule has 1 aliphatic heterocycles. The predicted octanol–water partition coefficient (Wildman–Crippen LogP) is 2.23. The number of fused-ring (bicyclic) bond motifs is 1. The fourth-order valence-corrected chi connectivity index (χ4v) is 3.82. The third-order valence-corrected chi connectivity index (χ3v) is 5.42. The molecule has 1 fully saturated rings. The van der Waals surface area contributed by atoms with E-state index in [9.17, 15) is 4.79 Å². The van der Waals surface area contributed by atoms with Crippen LogP contribution in [0.4, 0.5) is 0 Å². The maximum absolute atomic E-state index is 12.8. The Kier molecular flexibility index (Phi) is 4.29. The van der Waals surface area contributed by atoms with Gasteiger partial charge in [0, 0.05) is 19.0 Å². The zero-order valence-electron chi connectivity index (χ0n) is 12.9. The van der Waals surface area contributed by atoms with Gasteiger partial charge in [-0.2, -0.15) is 0 Å². The van der Waals surface area contributed by atoms with E-state index in [0.717, 1.165) is 38.8 Å². The summed E-state index contributed by atoms with van der Waals surface area (Å²) in [4.78, 5) is 14.9. The lowest BCUT2D eigenvalue weighted by atomic mass is 9.81. The summed E-state index contributed by atoms with van der Waals surface area (Å²) in [6.45, 7) is 4.72. The molecule has 3 rings (SSSR count). The zero-order valence-corrected chi connectivity index (χ0v) is 12.9. The third kappa shape index (κ3) is 2.98. The van der Waals surface area contributed by atoms with Crippen molar-refractivity contribution in [1.82, 2.24) is 4.90 Å². The Hall–Kier alpha value is -1.35. The van der Waals surface area contributed by atoms with Crippen LogP contribution in [0.5, 0.6) is 0 Å². The number of carbonyl (C=O) groups excluding carboxylic acids is 1. The number of aryl methyl sites for hydroxylation is 1. The van der Waals surface area contributed by atoms with E-state index in [2.05, 4.69) is 36.1 Å². The SMILES string of the molecule is CC1CCN(C(=O)C2CCc3ccccc3C2)CC1CN. The molecule has 1 amide bonds. The number of likely N-dealkylation sites (tertiary alicyclic amines) is 1. The molecule has 3 unspecified atom stereocenters. The quantitative estimate of drug-likeness (QED) is 0.906. The highest BCUT2D eigenvalue weighted by Gasteiger charge is 2.33. The van der Waals surface area contributed by atoms with Crippen LogP contribution in [0.15, 0.2) is 24.3 Å². The van der Waals surface area contributed by atoms with Crippen LogP contribution in [0, 0.1) is 17.8 Å². The summed E-state index contributed by atoms with van der Waals surface area (Å²) in [7, 11) is 0. The first-order valence-electron chi connectivity index (χ1n) is 8.24. The number of rotatable bonds is 2. The van der Waals surface area contributed by atoms with Crippen LogP contribution >= 0.6 is 0 Å². The average Bonchev–Trinajstić information content (AvgIpc) is 2.54. The summed E-state index contributed by atoms with van der Waals surface area (Å²) < 4.78 is 0. The van der Waals surface area contributed by atoms with Crippen molar-refractivity contribution in [2.45, 2.75) is 32.6 Å². The molecule has 21 heavy (non-hydrogen) atoms. The monoisotopic (exact) mass is 286 g/mol. The van der Waals surface area contributed by atoms with Crippen LogP contribution in [-0.2, 0) is 17.6 Å². The van der Waals surface area contributed by atoms with Crippen molar-refractivity contribution in [2.24, 2.45) is 23.5 Å². The van der Waals surface area contributed by atoms with Crippen molar-refractivity contribution in [3.8, 4) is 0 Å². The molecule has 2 N–H and O–H groups in total. The second-order valence-corrected chi connectivity index (χ2v) is 6.75. The molecule has 0 spiro atoms. The number of nitrogens with two attached hydrogens (primary N) is 1. The Bertz CT molecular complexity index is 514. The van der Waals surface area contributed by atoms with Gasteiger partial charge in [0.1, 0.15) is 0 Å². The summed E-state index contributed by atoms with van der Waals surface area (Å²) >= 11 is 0. The molecule has 1 heterocycles. The number of carbonyl (C=O) groups is 1. The van der Waals surface area contributed by atoms with Crippen LogP contribution in [0.3, 0.4) is 0 Å². The highest BCUT2D eigenvalue weighted by atomic mass is 16.2. The molecule has 114 valence electrons. The van der Waals surface area contributed by atoms with E-state index < -0.39 is 0 Å². The maximum Gasteiger partial charge on any atom is 0.226 e. The van der Waals surface area contributed by atoms with E-state index in [1.165, 1.54) is 11.1 Å². The minimum absolute atomic E-state index is 0.173. The van der Waals surface area contributed by atoms with Gasteiger partial charge in [-0.05, 0) is 55.2 Å². The molecule has 0 bridgehead atoms. The van der Waals surface area contributed by atoms with Gasteiger partial charge in [-0.3, -0.25) is 4.79 Å². The first-order chi connectivity index (χ1) is 10.2. The Morgan fingerprint density at radius 3 is 2.81 bits per heavy atom. The van der Waals surface area contributed by atoms with E-state index >= 15 is 0 Å². The highest BCUT2D eigenvalue weighted by molar-refractivity contribution is 5.79. The summed E-state index contributed by atoms with van der Waals surface area (Å²) in [5, 5.41) is 0. The first kappa shape index (κ1) is 14.6. The Balaban J connectivity index is 1.67. The standard InChI is InChI=1S/C18H26N2O/c1-13-8-9-20(12-17(13)11-19)18(21)16-7-6-14-4-2-3-5-15(14)10-16/h2-5,13,16-17H,6-12,19H2,1H3. The molecule has 2 aliphatic rings. The number of hydrogen-bond acceptors (Lipinski definition) is 2. The first-order valence-corrected chi connectivity index (χ1v) is 8.24. The highest BCUT2D eigenvalue weighted by Crippen LogP contribution is 2.29. The van der Waals surface area contributed by atoms with Gasteiger partial charge in [0.05, 0.1) is 0 Å². The Morgan fingerprint density at radius 1 is 1.29 bits per heavy atom. The van der Waals surface area contributed by atoms with Crippen molar-refractivity contribution in [2.75, 3.05) is 19.6 Å². The van der Waals surface area contributed by atoms with Gasteiger partial charge in [-0.15, -0.1) is 0 Å². The summed E-state index contributed by atoms with van der Waals surface area (Å²) in [5.74, 6) is 1.64. The smallest absolute Gasteiger partial charge is 0.226 e. The van der Waals surface area contributed by atoms with Crippen LogP contribution < -0.4 is 5.73 Å². The molecule has 3 nitrogen and oxygen atoms in total. The average molecular weight is 286 g/mol. The number of piperidine rings is 1. The molecule has 0 aromatic heterocycles. The Labute approximate surface area is 127 Å². The van der Waals surface area contributed by atoms with E-state index in [1.807, 2.05) is 0 Å². The van der Waals surface area contributed by atoms with E-state index in [-0.39, 0.29) is 5.92 Å². The van der Waals surface area contributed by atoms with Gasteiger partial charge in [0.2, 0.25) is 5.91 Å². The topological polar surface area (TPSA) is 46.3 Å². The summed E-state index contributed by atoms with van der Waals surface area (Å²) in [6.07, 6.45) is 4.04. The van der Waals surface area contributed by atoms with Gasteiger partial charge in [0.15, 0.2) is 0 Å². The third-order valence-electron chi connectivity index (χ3n) is 5.42. The molecule has 1 aromatic carbocycles. The molecule has 1 saturated heterocycles. The fourth-order valence-electron chi connectivity index (χ4n) is 3.82. The predicted molar refractivity (Wildman–Crippen MR) is 84.9 cm³/mol. The van der Waals surface area contributed by atoms with Crippen LogP contribution in [-0.4, -0.2) is 30.4 Å². The van der Waals surface area contributed by atoms with E-state index in [1.54, 1.807) is 0 Å². The molecule has 0 radical (unpaired) electrons. The molecule has 3 atom stereocenters. The van der Waals surface area contributed by atoms with Gasteiger partial charge < -0.3 is 10.6 Å². The summed E-state index contributed by atoms with van der Waals surface area (Å²) in [5.41, 5.74) is 8.65. The molecular formula is C18H26N2O. The molecule has 1 aromatic rings. The minimum Gasteiger partial charge on any atom is -0.342 e. The van der Waals surface area contributed by atoms with Crippen molar-refractivity contribution in [1.29, 1.82) is 0 Å². The zero-order chi connectivity index (χ0) is 14.8. The second-order valence-electron chi connectivity index (χ2n) is 6.75. The Morgan fingerprint density at radius 2 is 2.05 bits per heavy atom. The van der Waals surface area contributed by atoms with Crippen LogP contribution in [0.1, 0.15) is 30.9 Å². The number of hydrogen-bond donors (Lipinski definition) is 1. The van der Waals surface area contributed by atoms with Gasteiger partial charge >= 0.3 is 0 Å². The minimum atomic E-state index is 0.173. The van der Waals surface area contributed by atoms with Gasteiger partial charge in [-0.1, -0.05) is 31.2 Å². The largest absolute Gasteiger partial charge is 0.342 e. The molecular weight excluding hydrogens is 260 g/mol. The maximum atomic E-state index is 12.8. The number of benzene rings is 1. The number of amides is 1. The van der Waals surface area contributed by atoms with Crippen LogP contribution in [0.2, 0.25) is 0 Å². The molecule has 3 heteroatoms. The van der Waals surface area contributed by atoms with Gasteiger partial charge in [-0.25, -0.2) is 0 Å². The lowest BCUT2D eigenvalue weighted by Crippen LogP contribution is -2.48. The molecule has 0 saturated carbocycles. The van der Waals surface area contributed by atoms with Crippen molar-refractivity contribution >= 4 is 5.91 Å².